The minimum atomic E-state index is -0.492. The Morgan fingerprint density at radius 3 is 2.28 bits per heavy atom. The Labute approximate surface area is 196 Å². The van der Waals surface area contributed by atoms with Crippen LogP contribution in [-0.4, -0.2) is 48.6 Å². The summed E-state index contributed by atoms with van der Waals surface area (Å²) in [6.45, 7) is 2.47. The summed E-state index contributed by atoms with van der Waals surface area (Å²) in [5.41, 5.74) is 0.727. The van der Waals surface area contributed by atoms with Crippen LogP contribution in [0.25, 0.3) is 11.4 Å². The van der Waals surface area contributed by atoms with Crippen molar-refractivity contribution >= 4 is 29.1 Å². The molecule has 0 unspecified atom stereocenters. The van der Waals surface area contributed by atoms with Crippen molar-refractivity contribution in [1.82, 2.24) is 14.8 Å². The molecule has 8 nitrogen and oxygen atoms in total. The highest BCUT2D eigenvalue weighted by Gasteiger charge is 2.24. The van der Waals surface area contributed by atoms with Crippen molar-refractivity contribution in [3.05, 3.63) is 45.9 Å². The number of unbranched alkanes of at least 4 members (excludes halogenated alkanes) is 1. The fourth-order valence-electron chi connectivity index (χ4n) is 2.98. The summed E-state index contributed by atoms with van der Waals surface area (Å²) in [4.78, 5) is 17.8. The third-order valence-corrected chi connectivity index (χ3v) is 5.14. The molecule has 0 radical (unpaired) electrons. The van der Waals surface area contributed by atoms with E-state index in [1.54, 1.807) is 18.2 Å². The molecule has 170 valence electrons. The van der Waals surface area contributed by atoms with Gasteiger partial charge in [0.25, 0.3) is 5.91 Å². The molecule has 0 atom stereocenters. The number of hydrogen-bond donors (Lipinski definition) is 0. The van der Waals surface area contributed by atoms with Crippen molar-refractivity contribution in [2.75, 3.05) is 27.9 Å². The van der Waals surface area contributed by atoms with Crippen molar-refractivity contribution < 1.29 is 23.7 Å². The lowest BCUT2D eigenvalue weighted by atomic mass is 10.1. The van der Waals surface area contributed by atoms with E-state index >= 15 is 0 Å². The number of aromatic nitrogens is 3. The maximum absolute atomic E-state index is 13.3. The van der Waals surface area contributed by atoms with Crippen LogP contribution in [0.3, 0.4) is 0 Å². The number of methoxy groups -OCH3 is 3. The molecule has 0 fully saturated rings. The van der Waals surface area contributed by atoms with Gasteiger partial charge in [-0.2, -0.15) is 9.67 Å². The fraction of sp³-hybridized carbons (Fsp3) is 0.318. The van der Waals surface area contributed by atoms with Crippen LogP contribution in [0.1, 0.15) is 30.1 Å². The molecule has 0 amide bonds. The van der Waals surface area contributed by atoms with Crippen LogP contribution < -0.4 is 18.9 Å². The Bertz CT molecular complexity index is 1090. The Morgan fingerprint density at radius 1 is 1.03 bits per heavy atom. The zero-order valence-corrected chi connectivity index (χ0v) is 19.7. The molecule has 0 aliphatic heterocycles. The van der Waals surface area contributed by atoms with Crippen LogP contribution >= 0.6 is 23.2 Å². The van der Waals surface area contributed by atoms with Crippen molar-refractivity contribution in [2.45, 2.75) is 19.8 Å². The van der Waals surface area contributed by atoms with Crippen LogP contribution in [0.4, 0.5) is 0 Å². The number of nitrogens with zero attached hydrogens (tertiary/aromatic N) is 3. The standard InChI is InChI=1S/C22H23Cl2N3O5/c1-5-6-9-32-22-25-20(13-10-17(29-2)19(31-4)18(11-13)30-3)27(26-22)21(28)15-8-7-14(23)12-16(15)24/h7-8,10-12H,5-6,9H2,1-4H3. The fourth-order valence-corrected chi connectivity index (χ4v) is 3.47. The van der Waals surface area contributed by atoms with Gasteiger partial charge in [-0.25, -0.2) is 0 Å². The summed E-state index contributed by atoms with van der Waals surface area (Å²) in [6, 6.07) is 8.02. The van der Waals surface area contributed by atoms with Gasteiger partial charge in [-0.05, 0) is 36.8 Å². The van der Waals surface area contributed by atoms with Crippen LogP contribution in [0.5, 0.6) is 23.3 Å². The Balaban J connectivity index is 2.15. The van der Waals surface area contributed by atoms with Crippen LogP contribution in [0.15, 0.2) is 30.3 Å². The number of benzene rings is 2. The van der Waals surface area contributed by atoms with Crippen LogP contribution in [-0.2, 0) is 0 Å². The highest BCUT2D eigenvalue weighted by atomic mass is 35.5. The number of carbonyl (C=O) groups excluding carboxylic acids is 1. The molecule has 3 rings (SSSR count). The molecule has 0 spiro atoms. The van der Waals surface area contributed by atoms with Gasteiger partial charge in [0.1, 0.15) is 0 Å². The highest BCUT2D eigenvalue weighted by molar-refractivity contribution is 6.36. The van der Waals surface area contributed by atoms with Crippen molar-refractivity contribution in [3.8, 4) is 34.6 Å². The van der Waals surface area contributed by atoms with Crippen molar-refractivity contribution in [1.29, 1.82) is 0 Å². The summed E-state index contributed by atoms with van der Waals surface area (Å²) >= 11 is 12.2. The first kappa shape index (κ1) is 23.7. The molecule has 32 heavy (non-hydrogen) atoms. The van der Waals surface area contributed by atoms with Crippen molar-refractivity contribution in [3.63, 3.8) is 0 Å². The van der Waals surface area contributed by atoms with E-state index < -0.39 is 5.91 Å². The predicted octanol–water partition coefficient (Wildman–Crippen LogP) is 5.15. The molecule has 0 aliphatic carbocycles. The van der Waals surface area contributed by atoms with Crippen LogP contribution in [0.2, 0.25) is 10.0 Å². The van der Waals surface area contributed by atoms with Gasteiger partial charge in [0.05, 0.1) is 38.5 Å². The van der Waals surface area contributed by atoms with E-state index in [2.05, 4.69) is 10.1 Å². The van der Waals surface area contributed by atoms with E-state index in [0.717, 1.165) is 17.5 Å². The number of halogens is 2. The summed E-state index contributed by atoms with van der Waals surface area (Å²) in [5.74, 6) is 0.958. The lowest BCUT2D eigenvalue weighted by Crippen LogP contribution is -2.16. The molecular formula is C22H23Cl2N3O5. The highest BCUT2D eigenvalue weighted by Crippen LogP contribution is 2.41. The quantitative estimate of drug-likeness (QED) is 0.392. The Hall–Kier alpha value is -2.97. The minimum Gasteiger partial charge on any atom is -0.493 e. The monoisotopic (exact) mass is 479 g/mol. The SMILES string of the molecule is CCCCOc1nc(-c2cc(OC)c(OC)c(OC)c2)n(C(=O)c2ccc(Cl)cc2Cl)n1. The maximum atomic E-state index is 13.3. The van der Waals surface area contributed by atoms with E-state index in [1.165, 1.54) is 33.5 Å². The number of rotatable bonds is 9. The third kappa shape index (κ3) is 4.92. The van der Waals surface area contributed by atoms with E-state index in [-0.39, 0.29) is 22.4 Å². The number of ether oxygens (including phenoxy) is 4. The van der Waals surface area contributed by atoms with E-state index in [9.17, 15) is 4.79 Å². The zero-order valence-electron chi connectivity index (χ0n) is 18.1. The lowest BCUT2D eigenvalue weighted by Gasteiger charge is -2.14. The average Bonchev–Trinajstić information content (AvgIpc) is 3.22. The summed E-state index contributed by atoms with van der Waals surface area (Å²) in [6.07, 6.45) is 1.77. The zero-order chi connectivity index (χ0) is 23.3. The number of hydrogen-bond acceptors (Lipinski definition) is 7. The molecule has 0 saturated heterocycles. The molecule has 0 saturated carbocycles. The second-order valence-corrected chi connectivity index (χ2v) is 7.52. The first-order valence-electron chi connectivity index (χ1n) is 9.83. The molecule has 0 bridgehead atoms. The molecule has 10 heteroatoms. The topological polar surface area (TPSA) is 84.7 Å². The van der Waals surface area contributed by atoms with Gasteiger partial charge in [-0.15, -0.1) is 5.10 Å². The van der Waals surface area contributed by atoms with E-state index in [0.29, 0.717) is 34.4 Å². The maximum Gasteiger partial charge on any atom is 0.336 e. The van der Waals surface area contributed by atoms with Gasteiger partial charge in [-0.1, -0.05) is 36.5 Å². The van der Waals surface area contributed by atoms with E-state index in [1.807, 2.05) is 6.92 Å². The van der Waals surface area contributed by atoms with Crippen LogP contribution in [0, 0.1) is 0 Å². The molecular weight excluding hydrogens is 457 g/mol. The van der Waals surface area contributed by atoms with Crippen molar-refractivity contribution in [2.24, 2.45) is 0 Å². The second-order valence-electron chi connectivity index (χ2n) is 6.68. The minimum absolute atomic E-state index is 0.0700. The molecule has 3 aromatic rings. The molecule has 1 aromatic heterocycles. The van der Waals surface area contributed by atoms with Gasteiger partial charge in [0.15, 0.2) is 17.3 Å². The summed E-state index contributed by atoms with van der Waals surface area (Å²) < 4.78 is 23.0. The van der Waals surface area contributed by atoms with Gasteiger partial charge >= 0.3 is 6.01 Å². The predicted molar refractivity (Wildman–Crippen MR) is 122 cm³/mol. The molecule has 1 heterocycles. The first-order chi connectivity index (χ1) is 15.4. The van der Waals surface area contributed by atoms with Gasteiger partial charge in [0, 0.05) is 10.6 Å². The smallest absolute Gasteiger partial charge is 0.336 e. The average molecular weight is 480 g/mol. The summed E-state index contributed by atoms with van der Waals surface area (Å²) in [5, 5.41) is 4.89. The third-order valence-electron chi connectivity index (χ3n) is 4.59. The molecule has 2 aromatic carbocycles. The van der Waals surface area contributed by atoms with Gasteiger partial charge in [0.2, 0.25) is 5.75 Å². The van der Waals surface area contributed by atoms with Gasteiger partial charge in [-0.3, -0.25) is 4.79 Å². The summed E-state index contributed by atoms with van der Waals surface area (Å²) in [7, 11) is 4.52. The van der Waals surface area contributed by atoms with E-state index in [4.69, 9.17) is 42.1 Å². The first-order valence-corrected chi connectivity index (χ1v) is 10.6. The Kier molecular flexibility index (Phi) is 7.82. The second kappa shape index (κ2) is 10.6. The molecule has 0 aliphatic rings. The van der Waals surface area contributed by atoms with Gasteiger partial charge < -0.3 is 18.9 Å². The number of carbonyl (C=O) groups is 1. The molecule has 0 N–H and O–H groups in total. The largest absolute Gasteiger partial charge is 0.493 e. The normalized spacial score (nSPS) is 10.7. The Morgan fingerprint density at radius 2 is 1.72 bits per heavy atom. The lowest BCUT2D eigenvalue weighted by molar-refractivity contribution is 0.0944.